The van der Waals surface area contributed by atoms with E-state index in [1.54, 1.807) is 18.7 Å². The minimum atomic E-state index is -0.105. The number of hydrogen-bond acceptors (Lipinski definition) is 4. The fourth-order valence-electron chi connectivity index (χ4n) is 3.67. The van der Waals surface area contributed by atoms with E-state index in [-0.39, 0.29) is 23.7 Å². The molecule has 2 amide bonds. The van der Waals surface area contributed by atoms with Gasteiger partial charge in [0.25, 0.3) is 0 Å². The molecule has 1 aliphatic rings. The van der Waals surface area contributed by atoms with E-state index >= 15 is 0 Å². The Labute approximate surface area is 165 Å². The van der Waals surface area contributed by atoms with Crippen molar-refractivity contribution in [3.8, 4) is 5.75 Å². The number of nitrogens with zero attached hydrogens (tertiary/aromatic N) is 4. The van der Waals surface area contributed by atoms with Gasteiger partial charge in [-0.05, 0) is 44.4 Å². The van der Waals surface area contributed by atoms with Crippen LogP contribution in [0.4, 0.5) is 4.79 Å². The van der Waals surface area contributed by atoms with E-state index in [9.17, 15) is 9.59 Å². The van der Waals surface area contributed by atoms with Crippen molar-refractivity contribution in [3.05, 3.63) is 46.1 Å². The Hall–Kier alpha value is -2.77. The zero-order valence-electron chi connectivity index (χ0n) is 17.0. The fourth-order valence-corrected chi connectivity index (χ4v) is 3.67. The summed E-state index contributed by atoms with van der Waals surface area (Å²) in [4.78, 5) is 26.8. The van der Waals surface area contributed by atoms with Crippen LogP contribution in [-0.4, -0.2) is 45.5 Å². The number of carbonyl (C=O) groups is 1. The normalized spacial score (nSPS) is 17.0. The van der Waals surface area contributed by atoms with Gasteiger partial charge in [-0.1, -0.05) is 12.1 Å². The van der Waals surface area contributed by atoms with E-state index in [0.29, 0.717) is 19.6 Å². The molecule has 1 atom stereocenters. The number of aromatic nitrogens is 3. The molecular formula is C20H29N5O3. The van der Waals surface area contributed by atoms with Crippen LogP contribution in [0.1, 0.15) is 50.0 Å². The summed E-state index contributed by atoms with van der Waals surface area (Å²) in [5, 5.41) is 7.44. The maximum Gasteiger partial charge on any atom is 0.345 e. The van der Waals surface area contributed by atoms with Crippen molar-refractivity contribution >= 4 is 6.03 Å². The molecule has 8 heteroatoms. The van der Waals surface area contributed by atoms with Crippen molar-refractivity contribution in [3.63, 3.8) is 0 Å². The van der Waals surface area contributed by atoms with Gasteiger partial charge in [0.05, 0.1) is 7.11 Å². The average Bonchev–Trinajstić information content (AvgIpc) is 3.01. The Kier molecular flexibility index (Phi) is 6.06. The number of hydrogen-bond donors (Lipinski definition) is 1. The lowest BCUT2D eigenvalue weighted by atomic mass is 9.97. The van der Waals surface area contributed by atoms with Crippen LogP contribution in [0.2, 0.25) is 0 Å². The third-order valence-electron chi connectivity index (χ3n) is 5.18. The third kappa shape index (κ3) is 4.21. The van der Waals surface area contributed by atoms with Gasteiger partial charge >= 0.3 is 11.7 Å². The van der Waals surface area contributed by atoms with Gasteiger partial charge in [0.2, 0.25) is 0 Å². The number of nitrogens with one attached hydrogen (secondary N) is 1. The minimum absolute atomic E-state index is 0.0375. The van der Waals surface area contributed by atoms with Gasteiger partial charge in [0, 0.05) is 38.6 Å². The van der Waals surface area contributed by atoms with Crippen LogP contribution in [0.15, 0.2) is 29.1 Å². The molecule has 1 aromatic carbocycles. The summed E-state index contributed by atoms with van der Waals surface area (Å²) in [6.07, 6.45) is 1.81. The summed E-state index contributed by atoms with van der Waals surface area (Å²) < 4.78 is 8.28. The summed E-state index contributed by atoms with van der Waals surface area (Å²) in [5.41, 5.74) is 0.909. The first kappa shape index (κ1) is 20.0. The summed E-state index contributed by atoms with van der Waals surface area (Å²) in [6.45, 7) is 5.70. The number of benzene rings is 1. The maximum atomic E-state index is 12.7. The quantitative estimate of drug-likeness (QED) is 0.853. The molecule has 0 bridgehead atoms. The molecule has 1 saturated heterocycles. The molecule has 1 N–H and O–H groups in total. The van der Waals surface area contributed by atoms with E-state index in [1.807, 2.05) is 43.0 Å². The van der Waals surface area contributed by atoms with Crippen LogP contribution in [0.25, 0.3) is 0 Å². The van der Waals surface area contributed by atoms with Crippen molar-refractivity contribution in [2.45, 2.75) is 45.2 Å². The van der Waals surface area contributed by atoms with Crippen molar-refractivity contribution < 1.29 is 9.53 Å². The highest BCUT2D eigenvalue weighted by Gasteiger charge is 2.29. The molecule has 3 rings (SSSR count). The Morgan fingerprint density at radius 3 is 2.68 bits per heavy atom. The SMILES string of the molecule is COc1ccc(CNC(=O)N2CCCC(c3nn(C)c(=O)n3C(C)C)C2)cc1. The first-order valence-electron chi connectivity index (χ1n) is 9.71. The molecule has 0 saturated carbocycles. The lowest BCUT2D eigenvalue weighted by molar-refractivity contribution is 0.177. The smallest absolute Gasteiger partial charge is 0.345 e. The van der Waals surface area contributed by atoms with Crippen LogP contribution < -0.4 is 15.7 Å². The second-order valence-electron chi connectivity index (χ2n) is 7.52. The van der Waals surface area contributed by atoms with Gasteiger partial charge in [-0.25, -0.2) is 14.3 Å². The highest BCUT2D eigenvalue weighted by molar-refractivity contribution is 5.74. The van der Waals surface area contributed by atoms with Crippen LogP contribution >= 0.6 is 0 Å². The van der Waals surface area contributed by atoms with Gasteiger partial charge in [-0.2, -0.15) is 5.10 Å². The number of carbonyl (C=O) groups excluding carboxylic acids is 1. The summed E-state index contributed by atoms with van der Waals surface area (Å²) in [5.74, 6) is 1.63. The number of methoxy groups -OCH3 is 1. The first-order valence-corrected chi connectivity index (χ1v) is 9.71. The molecule has 0 radical (unpaired) electrons. The van der Waals surface area contributed by atoms with Crippen molar-refractivity contribution in [1.29, 1.82) is 0 Å². The molecular weight excluding hydrogens is 358 g/mol. The van der Waals surface area contributed by atoms with Crippen molar-refractivity contribution in [2.24, 2.45) is 7.05 Å². The lowest BCUT2D eigenvalue weighted by Gasteiger charge is -2.32. The van der Waals surface area contributed by atoms with Gasteiger partial charge in [-0.3, -0.25) is 4.57 Å². The van der Waals surface area contributed by atoms with Crippen LogP contribution in [0.5, 0.6) is 5.75 Å². The number of amides is 2. The monoisotopic (exact) mass is 387 g/mol. The Balaban J connectivity index is 1.65. The number of ether oxygens (including phenoxy) is 1. The highest BCUT2D eigenvalue weighted by atomic mass is 16.5. The fraction of sp³-hybridized carbons (Fsp3) is 0.550. The van der Waals surface area contributed by atoms with Gasteiger partial charge in [0.15, 0.2) is 0 Å². The number of piperidine rings is 1. The molecule has 2 heterocycles. The van der Waals surface area contributed by atoms with Crippen LogP contribution in [-0.2, 0) is 13.6 Å². The van der Waals surface area contributed by atoms with Crippen molar-refractivity contribution in [2.75, 3.05) is 20.2 Å². The predicted octanol–water partition coefficient (Wildman–Crippen LogP) is 2.26. The minimum Gasteiger partial charge on any atom is -0.497 e. The van der Waals surface area contributed by atoms with E-state index < -0.39 is 0 Å². The molecule has 8 nitrogen and oxygen atoms in total. The molecule has 1 aliphatic heterocycles. The standard InChI is InChI=1S/C20H29N5O3/c1-14(2)25-18(22-23(3)20(25)27)16-6-5-11-24(13-16)19(26)21-12-15-7-9-17(28-4)10-8-15/h7-10,14,16H,5-6,11-13H2,1-4H3,(H,21,26). The van der Waals surface area contributed by atoms with Gasteiger partial charge in [0.1, 0.15) is 11.6 Å². The summed E-state index contributed by atoms with van der Waals surface area (Å²) in [7, 11) is 3.30. The predicted molar refractivity (Wildman–Crippen MR) is 107 cm³/mol. The second-order valence-corrected chi connectivity index (χ2v) is 7.52. The first-order chi connectivity index (χ1) is 13.4. The number of likely N-dealkylation sites (tertiary alicyclic amines) is 1. The lowest BCUT2D eigenvalue weighted by Crippen LogP contribution is -2.45. The van der Waals surface area contributed by atoms with E-state index in [1.165, 1.54) is 4.68 Å². The molecule has 0 spiro atoms. The van der Waals surface area contributed by atoms with E-state index in [2.05, 4.69) is 10.4 Å². The molecule has 1 unspecified atom stereocenters. The summed E-state index contributed by atoms with van der Waals surface area (Å²) in [6, 6.07) is 7.58. The largest absolute Gasteiger partial charge is 0.497 e. The third-order valence-corrected chi connectivity index (χ3v) is 5.18. The molecule has 1 aromatic heterocycles. The molecule has 0 aliphatic carbocycles. The highest BCUT2D eigenvalue weighted by Crippen LogP contribution is 2.26. The molecule has 2 aromatic rings. The second kappa shape index (κ2) is 8.50. The van der Waals surface area contributed by atoms with Gasteiger partial charge < -0.3 is 15.0 Å². The molecule has 1 fully saturated rings. The summed E-state index contributed by atoms with van der Waals surface area (Å²) >= 11 is 0. The van der Waals surface area contributed by atoms with Gasteiger partial charge in [-0.15, -0.1) is 0 Å². The van der Waals surface area contributed by atoms with Crippen LogP contribution in [0.3, 0.4) is 0 Å². The number of rotatable bonds is 5. The van der Waals surface area contributed by atoms with E-state index in [4.69, 9.17) is 4.74 Å². The molecule has 152 valence electrons. The Morgan fingerprint density at radius 2 is 2.04 bits per heavy atom. The maximum absolute atomic E-state index is 12.7. The zero-order chi connectivity index (χ0) is 20.3. The van der Waals surface area contributed by atoms with E-state index in [0.717, 1.165) is 30.0 Å². The topological polar surface area (TPSA) is 81.4 Å². The van der Waals surface area contributed by atoms with Crippen LogP contribution in [0, 0.1) is 0 Å². The van der Waals surface area contributed by atoms with Crippen molar-refractivity contribution in [1.82, 2.24) is 24.6 Å². The Morgan fingerprint density at radius 1 is 1.32 bits per heavy atom. The Bertz CT molecular complexity index is 869. The number of aryl methyl sites for hydroxylation is 1. The number of urea groups is 1. The average molecular weight is 387 g/mol. The molecule has 28 heavy (non-hydrogen) atoms. The zero-order valence-corrected chi connectivity index (χ0v) is 17.0.